The monoisotopic (exact) mass is 346 g/mol. The zero-order valence-corrected chi connectivity index (χ0v) is 15.3. The Hall–Kier alpha value is -2.35. The van der Waals surface area contributed by atoms with Crippen LogP contribution in [-0.2, 0) is 30.9 Å². The summed E-state index contributed by atoms with van der Waals surface area (Å²) in [5, 5.41) is 4.47. The quantitative estimate of drug-likeness (QED) is 0.916. The molecule has 0 spiro atoms. The van der Waals surface area contributed by atoms with E-state index < -0.39 is 5.60 Å². The summed E-state index contributed by atoms with van der Waals surface area (Å²) in [7, 11) is 2.05. The highest BCUT2D eigenvalue weighted by molar-refractivity contribution is 5.68. The van der Waals surface area contributed by atoms with Gasteiger partial charge in [0.05, 0.1) is 31.3 Å². The minimum atomic E-state index is -0.484. The van der Waals surface area contributed by atoms with Gasteiger partial charge in [0.1, 0.15) is 5.60 Å². The Bertz CT molecular complexity index is 716. The highest BCUT2D eigenvalue weighted by Crippen LogP contribution is 2.20. The lowest BCUT2D eigenvalue weighted by atomic mass is 10.2. The average molecular weight is 346 g/mol. The van der Waals surface area contributed by atoms with E-state index in [1.165, 1.54) is 0 Å². The Morgan fingerprint density at radius 2 is 2.12 bits per heavy atom. The molecule has 3 heterocycles. The smallest absolute Gasteiger partial charge is 0.410 e. The number of fused-ring (bicyclic) bond motifs is 1. The molecule has 0 unspecified atom stereocenters. The molecule has 0 radical (unpaired) electrons. The van der Waals surface area contributed by atoms with Crippen molar-refractivity contribution in [3.63, 3.8) is 0 Å². The van der Waals surface area contributed by atoms with Gasteiger partial charge in [0.25, 0.3) is 0 Å². The number of nitrogens with zero attached hydrogens (tertiary/aromatic N) is 5. The average Bonchev–Trinajstić information content (AvgIpc) is 3.15. The Kier molecular flexibility index (Phi) is 4.80. The largest absolute Gasteiger partial charge is 0.444 e. The summed E-state index contributed by atoms with van der Waals surface area (Å²) in [6, 6.07) is 0. The molecule has 0 aromatic carbocycles. The van der Waals surface area contributed by atoms with E-state index in [4.69, 9.17) is 4.74 Å². The van der Waals surface area contributed by atoms with Gasteiger partial charge >= 0.3 is 6.09 Å². The van der Waals surface area contributed by atoms with Gasteiger partial charge in [-0.2, -0.15) is 5.10 Å². The standard InChI is InChI=1S/C17H26N6O2/c1-17(2,3)25-16(24)22-5-6-23-15(11-22)13(7-20-23)9-21(4)10-14-8-18-12-19-14/h7-8,12H,5-6,9-11H2,1-4H3,(H,18,19). The van der Waals surface area contributed by atoms with Gasteiger partial charge in [-0.1, -0.05) is 0 Å². The Labute approximate surface area is 147 Å². The molecule has 3 rings (SSSR count). The molecule has 0 aliphatic carbocycles. The topological polar surface area (TPSA) is 79.3 Å². The third-order valence-electron chi connectivity index (χ3n) is 4.04. The Morgan fingerprint density at radius 3 is 2.80 bits per heavy atom. The van der Waals surface area contributed by atoms with Crippen molar-refractivity contribution in [2.24, 2.45) is 0 Å². The second kappa shape index (κ2) is 6.87. The van der Waals surface area contributed by atoms with Gasteiger partial charge in [0.2, 0.25) is 0 Å². The zero-order valence-electron chi connectivity index (χ0n) is 15.3. The molecule has 1 amide bonds. The highest BCUT2D eigenvalue weighted by atomic mass is 16.6. The van der Waals surface area contributed by atoms with Crippen molar-refractivity contribution in [1.29, 1.82) is 0 Å². The number of hydrogen-bond donors (Lipinski definition) is 1. The first kappa shape index (κ1) is 17.5. The van der Waals surface area contributed by atoms with Crippen LogP contribution in [0.25, 0.3) is 0 Å². The number of aromatic nitrogens is 4. The normalized spacial score (nSPS) is 14.7. The maximum absolute atomic E-state index is 12.3. The lowest BCUT2D eigenvalue weighted by Crippen LogP contribution is -2.42. The number of amides is 1. The second-order valence-corrected chi connectivity index (χ2v) is 7.49. The van der Waals surface area contributed by atoms with Crippen LogP contribution in [0.2, 0.25) is 0 Å². The van der Waals surface area contributed by atoms with Crippen LogP contribution in [0.15, 0.2) is 18.7 Å². The van der Waals surface area contributed by atoms with Crippen molar-refractivity contribution >= 4 is 6.09 Å². The lowest BCUT2D eigenvalue weighted by Gasteiger charge is -2.31. The van der Waals surface area contributed by atoms with Crippen molar-refractivity contribution < 1.29 is 9.53 Å². The van der Waals surface area contributed by atoms with Crippen molar-refractivity contribution in [3.05, 3.63) is 35.7 Å². The van der Waals surface area contributed by atoms with Gasteiger partial charge < -0.3 is 14.6 Å². The summed E-state index contributed by atoms with van der Waals surface area (Å²) < 4.78 is 7.48. The fourth-order valence-corrected chi connectivity index (χ4v) is 2.92. The molecule has 1 N–H and O–H groups in total. The summed E-state index contributed by atoms with van der Waals surface area (Å²) in [5.41, 5.74) is 2.80. The maximum Gasteiger partial charge on any atom is 0.410 e. The van der Waals surface area contributed by atoms with E-state index in [0.29, 0.717) is 19.6 Å². The maximum atomic E-state index is 12.3. The van der Waals surface area contributed by atoms with Crippen LogP contribution in [0.4, 0.5) is 4.79 Å². The SMILES string of the molecule is CN(Cc1cnc[nH]1)Cc1cnn2c1CN(C(=O)OC(C)(C)C)CC2. The van der Waals surface area contributed by atoms with E-state index in [0.717, 1.165) is 30.0 Å². The first-order chi connectivity index (χ1) is 11.8. The van der Waals surface area contributed by atoms with E-state index in [1.54, 1.807) is 11.2 Å². The molecule has 8 nitrogen and oxygen atoms in total. The first-order valence-electron chi connectivity index (χ1n) is 8.49. The number of rotatable bonds is 4. The summed E-state index contributed by atoms with van der Waals surface area (Å²) in [6.45, 7) is 9.03. The van der Waals surface area contributed by atoms with Gasteiger partial charge in [-0.25, -0.2) is 9.78 Å². The number of imidazole rings is 1. The minimum absolute atomic E-state index is 0.267. The molecule has 8 heteroatoms. The van der Waals surface area contributed by atoms with Crippen molar-refractivity contribution in [3.8, 4) is 0 Å². The number of nitrogens with one attached hydrogen (secondary N) is 1. The molecule has 0 saturated heterocycles. The van der Waals surface area contributed by atoms with Crippen molar-refractivity contribution in [2.45, 2.75) is 52.6 Å². The molecular weight excluding hydrogens is 320 g/mol. The van der Waals surface area contributed by atoms with Crippen LogP contribution in [0.1, 0.15) is 37.7 Å². The van der Waals surface area contributed by atoms with Crippen LogP contribution in [0.3, 0.4) is 0 Å². The van der Waals surface area contributed by atoms with Crippen molar-refractivity contribution in [1.82, 2.24) is 29.5 Å². The lowest BCUT2D eigenvalue weighted by molar-refractivity contribution is 0.0193. The molecular formula is C17H26N6O2. The van der Waals surface area contributed by atoms with Gasteiger partial charge in [-0.15, -0.1) is 0 Å². The summed E-state index contributed by atoms with van der Waals surface area (Å²) in [4.78, 5) is 23.4. The van der Waals surface area contributed by atoms with Gasteiger partial charge in [0, 0.05) is 37.1 Å². The number of hydrogen-bond acceptors (Lipinski definition) is 5. The van der Waals surface area contributed by atoms with E-state index in [-0.39, 0.29) is 6.09 Å². The molecule has 1 aliphatic rings. The van der Waals surface area contributed by atoms with Crippen molar-refractivity contribution in [2.75, 3.05) is 13.6 Å². The number of ether oxygens (including phenoxy) is 1. The molecule has 1 aliphatic heterocycles. The Balaban J connectivity index is 1.65. The number of H-pyrrole nitrogens is 1. The fraction of sp³-hybridized carbons (Fsp3) is 0.588. The van der Waals surface area contributed by atoms with E-state index in [1.807, 2.05) is 37.8 Å². The molecule has 0 atom stereocenters. The van der Waals surface area contributed by atoms with Crippen LogP contribution >= 0.6 is 0 Å². The fourth-order valence-electron chi connectivity index (χ4n) is 2.92. The van der Waals surface area contributed by atoms with Gasteiger partial charge in [0.15, 0.2) is 0 Å². The first-order valence-corrected chi connectivity index (χ1v) is 8.49. The van der Waals surface area contributed by atoms with Gasteiger partial charge in [-0.05, 0) is 27.8 Å². The Morgan fingerprint density at radius 1 is 1.32 bits per heavy atom. The number of carbonyl (C=O) groups is 1. The number of carbonyl (C=O) groups excluding carboxylic acids is 1. The van der Waals surface area contributed by atoms with E-state index >= 15 is 0 Å². The van der Waals surface area contributed by atoms with E-state index in [2.05, 4.69) is 27.0 Å². The highest BCUT2D eigenvalue weighted by Gasteiger charge is 2.27. The minimum Gasteiger partial charge on any atom is -0.444 e. The van der Waals surface area contributed by atoms with Gasteiger partial charge in [-0.3, -0.25) is 9.58 Å². The van der Waals surface area contributed by atoms with Crippen LogP contribution in [-0.4, -0.2) is 54.8 Å². The third kappa shape index (κ3) is 4.39. The molecule has 2 aromatic rings. The molecule has 0 saturated carbocycles. The predicted octanol–water partition coefficient (Wildman–Crippen LogP) is 1.99. The summed E-state index contributed by atoms with van der Waals surface area (Å²) in [5.74, 6) is 0. The zero-order chi connectivity index (χ0) is 18.0. The molecule has 136 valence electrons. The second-order valence-electron chi connectivity index (χ2n) is 7.49. The third-order valence-corrected chi connectivity index (χ3v) is 4.04. The van der Waals surface area contributed by atoms with Crippen LogP contribution < -0.4 is 0 Å². The van der Waals surface area contributed by atoms with E-state index in [9.17, 15) is 4.79 Å². The molecule has 2 aromatic heterocycles. The summed E-state index contributed by atoms with van der Waals surface area (Å²) in [6.07, 6.45) is 5.15. The van der Waals surface area contributed by atoms with Crippen LogP contribution in [0.5, 0.6) is 0 Å². The molecule has 0 fully saturated rings. The molecule has 0 bridgehead atoms. The number of aromatic amines is 1. The summed E-state index contributed by atoms with van der Waals surface area (Å²) >= 11 is 0. The molecule has 25 heavy (non-hydrogen) atoms. The predicted molar refractivity (Wildman–Crippen MR) is 92.6 cm³/mol. The van der Waals surface area contributed by atoms with Crippen LogP contribution in [0, 0.1) is 0 Å².